The number of aryl methyl sites for hydroxylation is 1. The van der Waals surface area contributed by atoms with Gasteiger partial charge in [-0.15, -0.1) is 11.3 Å². The maximum atomic E-state index is 12.9. The van der Waals surface area contributed by atoms with Crippen molar-refractivity contribution in [1.29, 1.82) is 0 Å². The molecule has 0 aliphatic carbocycles. The van der Waals surface area contributed by atoms with Gasteiger partial charge in [0, 0.05) is 22.7 Å². The molecule has 0 fully saturated rings. The van der Waals surface area contributed by atoms with Crippen molar-refractivity contribution >= 4 is 45.6 Å². The van der Waals surface area contributed by atoms with Crippen LogP contribution in [0.15, 0.2) is 63.9 Å². The minimum atomic E-state index is -0.158. The van der Waals surface area contributed by atoms with Crippen molar-refractivity contribution in [1.82, 2.24) is 14.5 Å². The lowest BCUT2D eigenvalue weighted by Gasteiger charge is -2.16. The van der Waals surface area contributed by atoms with Crippen LogP contribution in [0.2, 0.25) is 0 Å². The zero-order valence-corrected chi connectivity index (χ0v) is 19.1. The number of aromatic nitrogens is 3. The highest BCUT2D eigenvalue weighted by atomic mass is 32.2. The van der Waals surface area contributed by atoms with Crippen LogP contribution < -0.4 is 10.9 Å². The number of thiazole rings is 1. The van der Waals surface area contributed by atoms with Gasteiger partial charge in [-0.1, -0.05) is 36.0 Å². The molecule has 0 spiro atoms. The fraction of sp³-hybridized carbons (Fsp3) is 0.217. The minimum absolute atomic E-state index is 0.0617. The largest absolute Gasteiger partial charge is 0.325 e. The molecule has 158 valence electrons. The summed E-state index contributed by atoms with van der Waals surface area (Å²) >= 11 is 2.86. The van der Waals surface area contributed by atoms with Gasteiger partial charge in [0.1, 0.15) is 0 Å². The molecule has 0 saturated carbocycles. The van der Waals surface area contributed by atoms with Gasteiger partial charge in [0.15, 0.2) is 5.16 Å². The molecule has 0 aliphatic rings. The minimum Gasteiger partial charge on any atom is -0.325 e. The summed E-state index contributed by atoms with van der Waals surface area (Å²) in [6.45, 7) is 5.84. The van der Waals surface area contributed by atoms with Gasteiger partial charge in [-0.3, -0.25) is 14.2 Å². The Labute approximate surface area is 188 Å². The Morgan fingerprint density at radius 1 is 1.16 bits per heavy atom. The first-order valence-electron chi connectivity index (χ1n) is 9.89. The Morgan fingerprint density at radius 3 is 2.71 bits per heavy atom. The Kier molecular flexibility index (Phi) is 6.20. The van der Waals surface area contributed by atoms with Crippen LogP contribution in [0.4, 0.5) is 5.69 Å². The summed E-state index contributed by atoms with van der Waals surface area (Å²) in [5.74, 6) is -0.00770. The third kappa shape index (κ3) is 4.70. The number of nitrogens with zero attached hydrogens (tertiary/aromatic N) is 3. The predicted octanol–water partition coefficient (Wildman–Crippen LogP) is 5.14. The molecule has 8 heteroatoms. The molecule has 1 N–H and O–H groups in total. The van der Waals surface area contributed by atoms with E-state index in [-0.39, 0.29) is 23.3 Å². The molecule has 0 aliphatic heterocycles. The van der Waals surface area contributed by atoms with Crippen molar-refractivity contribution < 1.29 is 4.79 Å². The number of benzene rings is 2. The molecule has 4 rings (SSSR count). The number of thioether (sulfide) groups is 1. The van der Waals surface area contributed by atoms with Crippen LogP contribution in [0.5, 0.6) is 0 Å². The number of carbonyl (C=O) groups is 1. The summed E-state index contributed by atoms with van der Waals surface area (Å²) in [5.41, 5.74) is 3.11. The van der Waals surface area contributed by atoms with E-state index in [1.165, 1.54) is 11.8 Å². The molecule has 2 aromatic heterocycles. The van der Waals surface area contributed by atoms with E-state index >= 15 is 0 Å². The summed E-state index contributed by atoms with van der Waals surface area (Å²) in [6, 6.07) is 14.8. The van der Waals surface area contributed by atoms with Crippen molar-refractivity contribution in [3.63, 3.8) is 0 Å². The normalized spacial score (nSPS) is 11.2. The molecule has 0 bridgehead atoms. The van der Waals surface area contributed by atoms with Crippen LogP contribution >= 0.6 is 23.1 Å². The fourth-order valence-corrected chi connectivity index (χ4v) is 4.81. The highest BCUT2D eigenvalue weighted by Gasteiger charge is 2.15. The highest BCUT2D eigenvalue weighted by molar-refractivity contribution is 7.99. The van der Waals surface area contributed by atoms with Crippen LogP contribution in [0.25, 0.3) is 22.2 Å². The SMILES string of the molecule is Cc1nc(-c2cccc(NC(=O)CSc3nc4ccccc4c(=O)n3C(C)C)c2)cs1. The molecular formula is C23H22N4O2S2. The summed E-state index contributed by atoms with van der Waals surface area (Å²) in [4.78, 5) is 34.6. The standard InChI is InChI=1S/C23H22N4O2S2/c1-14(2)27-22(29)18-9-4-5-10-19(18)26-23(27)31-13-21(28)25-17-8-6-7-16(11-17)20-12-30-15(3)24-20/h4-12,14H,13H2,1-3H3,(H,25,28). The van der Waals surface area contributed by atoms with Gasteiger partial charge in [0.05, 0.1) is 27.4 Å². The van der Waals surface area contributed by atoms with E-state index in [1.54, 1.807) is 22.0 Å². The maximum absolute atomic E-state index is 12.9. The monoisotopic (exact) mass is 450 g/mol. The molecule has 31 heavy (non-hydrogen) atoms. The number of fused-ring (bicyclic) bond motifs is 1. The van der Waals surface area contributed by atoms with Gasteiger partial charge in [-0.05, 0) is 45.0 Å². The van der Waals surface area contributed by atoms with Crippen LogP contribution in [-0.4, -0.2) is 26.2 Å². The predicted molar refractivity (Wildman–Crippen MR) is 128 cm³/mol. The first-order valence-corrected chi connectivity index (χ1v) is 11.8. The topological polar surface area (TPSA) is 76.9 Å². The molecule has 0 radical (unpaired) electrons. The number of nitrogens with one attached hydrogen (secondary N) is 1. The van der Waals surface area contributed by atoms with E-state index in [0.717, 1.165) is 16.3 Å². The lowest BCUT2D eigenvalue weighted by molar-refractivity contribution is -0.113. The van der Waals surface area contributed by atoms with Crippen LogP contribution in [-0.2, 0) is 4.79 Å². The molecular weight excluding hydrogens is 428 g/mol. The second kappa shape index (κ2) is 9.03. The second-order valence-electron chi connectivity index (χ2n) is 7.35. The molecule has 6 nitrogen and oxygen atoms in total. The van der Waals surface area contributed by atoms with Crippen molar-refractivity contribution in [3.05, 3.63) is 69.3 Å². The van der Waals surface area contributed by atoms with Crippen LogP contribution in [0, 0.1) is 6.92 Å². The van der Waals surface area contributed by atoms with Crippen LogP contribution in [0.3, 0.4) is 0 Å². The third-order valence-corrected chi connectivity index (χ3v) is 6.41. The Morgan fingerprint density at radius 2 is 1.97 bits per heavy atom. The summed E-state index contributed by atoms with van der Waals surface area (Å²) in [6.07, 6.45) is 0. The number of amides is 1. The van der Waals surface area contributed by atoms with E-state index in [9.17, 15) is 9.59 Å². The number of hydrogen-bond donors (Lipinski definition) is 1. The van der Waals surface area contributed by atoms with Gasteiger partial charge in [0.25, 0.3) is 5.56 Å². The fourth-order valence-electron chi connectivity index (χ4n) is 3.26. The molecule has 0 saturated heterocycles. The maximum Gasteiger partial charge on any atom is 0.262 e. The summed E-state index contributed by atoms with van der Waals surface area (Å²) < 4.78 is 1.64. The van der Waals surface area contributed by atoms with E-state index in [1.807, 2.05) is 68.6 Å². The molecule has 4 aromatic rings. The Hall–Kier alpha value is -2.97. The van der Waals surface area contributed by atoms with Gasteiger partial charge < -0.3 is 5.32 Å². The molecule has 1 amide bonds. The zero-order chi connectivity index (χ0) is 22.0. The van der Waals surface area contributed by atoms with Gasteiger partial charge >= 0.3 is 0 Å². The van der Waals surface area contributed by atoms with Crippen molar-refractivity contribution in [3.8, 4) is 11.3 Å². The van der Waals surface area contributed by atoms with Gasteiger partial charge in [0.2, 0.25) is 5.91 Å². The van der Waals surface area contributed by atoms with Crippen molar-refractivity contribution in [2.45, 2.75) is 32.0 Å². The van der Waals surface area contributed by atoms with Gasteiger partial charge in [-0.25, -0.2) is 9.97 Å². The molecule has 0 unspecified atom stereocenters. The zero-order valence-electron chi connectivity index (χ0n) is 17.5. The van der Waals surface area contributed by atoms with E-state index in [0.29, 0.717) is 21.7 Å². The first-order chi connectivity index (χ1) is 14.9. The van der Waals surface area contributed by atoms with Crippen molar-refractivity contribution in [2.75, 3.05) is 11.1 Å². The number of anilines is 1. The number of carbonyl (C=O) groups excluding carboxylic acids is 1. The average molecular weight is 451 g/mol. The second-order valence-corrected chi connectivity index (χ2v) is 9.35. The highest BCUT2D eigenvalue weighted by Crippen LogP contribution is 2.25. The number of hydrogen-bond acceptors (Lipinski definition) is 6. The quantitative estimate of drug-likeness (QED) is 0.325. The lowest BCUT2D eigenvalue weighted by atomic mass is 10.1. The smallest absolute Gasteiger partial charge is 0.262 e. The van der Waals surface area contributed by atoms with Crippen molar-refractivity contribution in [2.24, 2.45) is 0 Å². The van der Waals surface area contributed by atoms with E-state index < -0.39 is 0 Å². The van der Waals surface area contributed by atoms with Crippen LogP contribution in [0.1, 0.15) is 24.9 Å². The average Bonchev–Trinajstić information content (AvgIpc) is 3.18. The van der Waals surface area contributed by atoms with E-state index in [4.69, 9.17) is 0 Å². The number of para-hydroxylation sites is 1. The molecule has 2 heterocycles. The Bertz CT molecular complexity index is 1310. The number of rotatable bonds is 6. The lowest BCUT2D eigenvalue weighted by Crippen LogP contribution is -2.25. The summed E-state index contributed by atoms with van der Waals surface area (Å²) in [5, 5.41) is 7.06. The molecule has 2 aromatic carbocycles. The first kappa shape index (κ1) is 21.3. The Balaban J connectivity index is 1.51. The third-order valence-electron chi connectivity index (χ3n) is 4.69. The summed E-state index contributed by atoms with van der Waals surface area (Å²) in [7, 11) is 0. The van der Waals surface area contributed by atoms with E-state index in [2.05, 4.69) is 15.3 Å². The molecule has 0 atom stereocenters. The van der Waals surface area contributed by atoms with Gasteiger partial charge in [-0.2, -0.15) is 0 Å².